The van der Waals surface area contributed by atoms with E-state index in [9.17, 15) is 13.2 Å². The number of piperazine rings is 1. The molecule has 0 unspecified atom stereocenters. The maximum absolute atomic E-state index is 13.2. The van der Waals surface area contributed by atoms with Crippen LogP contribution in [0.25, 0.3) is 0 Å². The number of alkyl halides is 4. The summed E-state index contributed by atoms with van der Waals surface area (Å²) in [6, 6.07) is 4.62. The molecule has 1 aliphatic heterocycles. The first-order valence-corrected chi connectivity index (χ1v) is 9.35. The molecule has 0 amide bonds. The molecule has 1 saturated heterocycles. The van der Waals surface area contributed by atoms with Crippen molar-refractivity contribution in [2.45, 2.75) is 6.18 Å². The Bertz CT molecular complexity index is 578. The Morgan fingerprint density at radius 1 is 1.23 bits per heavy atom. The molecule has 8 heteroatoms. The van der Waals surface area contributed by atoms with E-state index in [-0.39, 0.29) is 7.94 Å². The second-order valence-corrected chi connectivity index (χ2v) is 7.26. The topological polar surface area (TPSA) is 30.3 Å². The standard InChI is InChI=1S/C14H14BrF3N3.Y/c15-3-4-20-5-7-21(8-6-20)12-2-1-11(10-19)13(9-12)14(16,17)18;/h1-2H,3-8H2;. The first-order valence-electron chi connectivity index (χ1n) is 6.81. The van der Waals surface area contributed by atoms with Crippen LogP contribution in [0.15, 0.2) is 12.1 Å². The van der Waals surface area contributed by atoms with Crippen molar-refractivity contribution in [1.82, 2.24) is 4.90 Å². The average Bonchev–Trinajstić information content (AvgIpc) is 2.47. The SMILES string of the molecule is N#Cc1ccc(N2CCN(CCBr)CC2)[c]([Y])c1C(F)(F)F. The Morgan fingerprint density at radius 2 is 1.86 bits per heavy atom. The predicted octanol–water partition coefficient (Wildman–Crippen LogP) is 2.27. The van der Waals surface area contributed by atoms with E-state index in [2.05, 4.69) is 20.8 Å². The van der Waals surface area contributed by atoms with Gasteiger partial charge in [-0.15, -0.1) is 0 Å². The van der Waals surface area contributed by atoms with Crippen molar-refractivity contribution in [3.63, 3.8) is 0 Å². The number of nitrogens with zero attached hydrogens (tertiary/aromatic N) is 3. The number of nitriles is 1. The first kappa shape index (κ1) is 18.2. The van der Waals surface area contributed by atoms with Crippen LogP contribution in [-0.2, 0) is 37.1 Å². The van der Waals surface area contributed by atoms with E-state index in [4.69, 9.17) is 5.26 Å². The van der Waals surface area contributed by atoms with E-state index >= 15 is 0 Å². The van der Waals surface area contributed by atoms with Crippen molar-refractivity contribution in [1.29, 1.82) is 5.26 Å². The quantitative estimate of drug-likeness (QED) is 0.663. The van der Waals surface area contributed by atoms with Gasteiger partial charge in [0.25, 0.3) is 0 Å². The fraction of sp³-hybridized carbons (Fsp3) is 0.500. The molecule has 1 aromatic carbocycles. The third-order valence-electron chi connectivity index (χ3n) is 3.74. The Hall–Kier alpha value is -0.156. The molecule has 116 valence electrons. The van der Waals surface area contributed by atoms with Gasteiger partial charge in [0, 0.05) is 0 Å². The van der Waals surface area contributed by atoms with Crippen LogP contribution < -0.4 is 7.27 Å². The van der Waals surface area contributed by atoms with Crippen LogP contribution in [0.5, 0.6) is 0 Å². The molecule has 0 atom stereocenters. The van der Waals surface area contributed by atoms with Crippen molar-refractivity contribution < 1.29 is 44.1 Å². The number of halogens is 4. The third kappa shape index (κ3) is 4.02. The van der Waals surface area contributed by atoms with E-state index in [1.54, 1.807) is 12.1 Å². The fourth-order valence-corrected chi connectivity index (χ4v) is 4.59. The summed E-state index contributed by atoms with van der Waals surface area (Å²) in [5, 5.41) is 9.84. The summed E-state index contributed by atoms with van der Waals surface area (Å²) in [7, 11) is 0. The second kappa shape index (κ2) is 7.61. The average molecular weight is 450 g/mol. The number of hydrogen-bond donors (Lipinski definition) is 0. The fourth-order valence-electron chi connectivity index (χ4n) is 2.61. The van der Waals surface area contributed by atoms with Gasteiger partial charge in [0.15, 0.2) is 0 Å². The van der Waals surface area contributed by atoms with E-state index in [0.29, 0.717) is 49.7 Å². The molecule has 0 aliphatic carbocycles. The number of anilines is 1. The summed E-state index contributed by atoms with van der Waals surface area (Å²) < 4.78 is 40.0. The molecule has 0 radical (unpaired) electrons. The van der Waals surface area contributed by atoms with Crippen molar-refractivity contribution >= 4 is 24.0 Å². The Balaban J connectivity index is 2.29. The second-order valence-electron chi connectivity index (χ2n) is 5.05. The van der Waals surface area contributed by atoms with Gasteiger partial charge in [0.1, 0.15) is 0 Å². The van der Waals surface area contributed by atoms with Crippen molar-refractivity contribution in [2.75, 3.05) is 43.0 Å². The van der Waals surface area contributed by atoms with Gasteiger partial charge in [-0.05, 0) is 0 Å². The number of hydrogen-bond acceptors (Lipinski definition) is 3. The normalized spacial score (nSPS) is 16.5. The molecule has 0 saturated carbocycles. The van der Waals surface area contributed by atoms with E-state index in [1.165, 1.54) is 6.07 Å². The van der Waals surface area contributed by atoms with E-state index < -0.39 is 11.7 Å². The summed E-state index contributed by atoms with van der Waals surface area (Å²) in [6.07, 6.45) is -4.48. The molecule has 22 heavy (non-hydrogen) atoms. The summed E-state index contributed by atoms with van der Waals surface area (Å²) in [6.45, 7) is 4.05. The Morgan fingerprint density at radius 3 is 2.36 bits per heavy atom. The van der Waals surface area contributed by atoms with Crippen molar-refractivity contribution in [3.8, 4) is 6.07 Å². The van der Waals surface area contributed by atoms with Crippen LogP contribution in [0.3, 0.4) is 0 Å². The Labute approximate surface area is 156 Å². The number of rotatable bonds is 3. The van der Waals surface area contributed by atoms with Crippen LogP contribution in [0.4, 0.5) is 18.9 Å². The minimum absolute atomic E-state index is 0.269. The molecular formula is C14H14BrF3N3Y. The summed E-state index contributed by atoms with van der Waals surface area (Å²) >= 11 is 3.73. The summed E-state index contributed by atoms with van der Waals surface area (Å²) in [5.74, 6) is 0. The van der Waals surface area contributed by atoms with Crippen LogP contribution >= 0.6 is 15.9 Å². The molecule has 1 fully saturated rings. The van der Waals surface area contributed by atoms with Gasteiger partial charge in [0.2, 0.25) is 0 Å². The van der Waals surface area contributed by atoms with Gasteiger partial charge in [0.05, 0.1) is 0 Å². The van der Waals surface area contributed by atoms with Gasteiger partial charge in [-0.1, -0.05) is 0 Å². The van der Waals surface area contributed by atoms with Crippen LogP contribution in [0.1, 0.15) is 11.1 Å². The van der Waals surface area contributed by atoms with Crippen LogP contribution in [0.2, 0.25) is 0 Å². The molecule has 0 N–H and O–H groups in total. The molecule has 2 rings (SSSR count). The molecule has 0 bridgehead atoms. The zero-order valence-corrected chi connectivity index (χ0v) is 16.3. The van der Waals surface area contributed by atoms with Gasteiger partial charge in [-0.2, -0.15) is 0 Å². The molecular weight excluding hydrogens is 436 g/mol. The molecule has 1 heterocycles. The molecule has 3 nitrogen and oxygen atoms in total. The molecule has 0 aromatic heterocycles. The van der Waals surface area contributed by atoms with Crippen molar-refractivity contribution in [3.05, 3.63) is 23.3 Å². The predicted molar refractivity (Wildman–Crippen MR) is 78.2 cm³/mol. The zero-order chi connectivity index (χ0) is 16.3. The monoisotopic (exact) mass is 449 g/mol. The summed E-state index contributed by atoms with van der Waals surface area (Å²) in [4.78, 5) is 4.28. The van der Waals surface area contributed by atoms with E-state index in [1.807, 2.05) is 4.90 Å². The third-order valence-corrected chi connectivity index (χ3v) is 5.53. The number of benzene rings is 1. The Kier molecular flexibility index (Phi) is 6.29. The van der Waals surface area contributed by atoms with Crippen LogP contribution in [-0.4, -0.2) is 43.0 Å². The molecule has 1 aliphatic rings. The zero-order valence-electron chi connectivity index (χ0n) is 11.8. The van der Waals surface area contributed by atoms with E-state index in [0.717, 1.165) is 25.0 Å². The first-order chi connectivity index (χ1) is 10.4. The van der Waals surface area contributed by atoms with Crippen molar-refractivity contribution in [2.24, 2.45) is 0 Å². The minimum atomic E-state index is -4.48. The van der Waals surface area contributed by atoms with Crippen LogP contribution in [0, 0.1) is 11.3 Å². The molecule has 0 spiro atoms. The summed E-state index contributed by atoms with van der Waals surface area (Å²) in [5.41, 5.74) is -0.401. The van der Waals surface area contributed by atoms with Gasteiger partial charge in [-0.3, -0.25) is 0 Å². The maximum atomic E-state index is 13.2. The molecule has 1 aromatic rings. The van der Waals surface area contributed by atoms with Gasteiger partial charge in [-0.25, -0.2) is 0 Å². The van der Waals surface area contributed by atoms with Gasteiger partial charge >= 0.3 is 157 Å². The van der Waals surface area contributed by atoms with Gasteiger partial charge < -0.3 is 0 Å².